The minimum absolute atomic E-state index is 0.121. The van der Waals surface area contributed by atoms with Gasteiger partial charge in [-0.1, -0.05) is 27.7 Å². The van der Waals surface area contributed by atoms with Crippen LogP contribution >= 0.6 is 0 Å². The van der Waals surface area contributed by atoms with E-state index >= 15 is 0 Å². The molecule has 2 N–H and O–H groups in total. The molecule has 0 aromatic carbocycles. The quantitative estimate of drug-likeness (QED) is 0.887. The molecule has 1 aromatic rings. The summed E-state index contributed by atoms with van der Waals surface area (Å²) in [6, 6.07) is 0.714. The molecule has 0 bridgehead atoms. The molecule has 0 amide bonds. The molecular formula is C15H27N3. The van der Waals surface area contributed by atoms with Crippen LogP contribution in [0.1, 0.15) is 64.7 Å². The number of nitrogens with two attached hydrogens (primary N) is 1. The molecule has 1 heterocycles. The molecular weight excluding hydrogens is 222 g/mol. The molecule has 4 atom stereocenters. The smallest absolute Gasteiger partial charge is 0.0951 e. The maximum absolute atomic E-state index is 6.33. The molecule has 0 aliphatic heterocycles. The highest BCUT2D eigenvalue weighted by Gasteiger charge is 2.32. The minimum Gasteiger partial charge on any atom is -0.330 e. The summed E-state index contributed by atoms with van der Waals surface area (Å²) in [5, 5.41) is 0. The Morgan fingerprint density at radius 2 is 2.11 bits per heavy atom. The lowest BCUT2D eigenvalue weighted by molar-refractivity contribution is 0.338. The van der Waals surface area contributed by atoms with Crippen molar-refractivity contribution in [3.05, 3.63) is 18.2 Å². The Morgan fingerprint density at radius 3 is 2.67 bits per heavy atom. The van der Waals surface area contributed by atoms with E-state index in [0.29, 0.717) is 12.0 Å². The van der Waals surface area contributed by atoms with Gasteiger partial charge in [0.15, 0.2) is 0 Å². The number of imidazole rings is 1. The van der Waals surface area contributed by atoms with Crippen molar-refractivity contribution in [1.29, 1.82) is 0 Å². The molecule has 0 radical (unpaired) electrons. The lowest BCUT2D eigenvalue weighted by Crippen LogP contribution is -2.22. The van der Waals surface area contributed by atoms with Crippen LogP contribution in [0.4, 0.5) is 0 Å². The first-order valence-electron chi connectivity index (χ1n) is 7.28. The normalized spacial score (nSPS) is 30.0. The van der Waals surface area contributed by atoms with E-state index in [1.165, 1.54) is 18.5 Å². The van der Waals surface area contributed by atoms with Crippen molar-refractivity contribution >= 4 is 0 Å². The zero-order valence-corrected chi connectivity index (χ0v) is 12.1. The molecule has 1 aliphatic rings. The summed E-state index contributed by atoms with van der Waals surface area (Å²) in [7, 11) is 0. The largest absolute Gasteiger partial charge is 0.330 e. The highest BCUT2D eigenvalue weighted by Crippen LogP contribution is 2.41. The molecule has 0 saturated heterocycles. The third kappa shape index (κ3) is 2.61. The number of hydrogen-bond donors (Lipinski definition) is 1. The van der Waals surface area contributed by atoms with Crippen molar-refractivity contribution < 1.29 is 0 Å². The van der Waals surface area contributed by atoms with Gasteiger partial charge in [-0.2, -0.15) is 0 Å². The van der Waals surface area contributed by atoms with Gasteiger partial charge in [-0.3, -0.25) is 0 Å². The zero-order valence-electron chi connectivity index (χ0n) is 12.1. The lowest BCUT2D eigenvalue weighted by atomic mass is 9.96. The van der Waals surface area contributed by atoms with Gasteiger partial charge in [0.1, 0.15) is 0 Å². The van der Waals surface area contributed by atoms with Gasteiger partial charge in [0.05, 0.1) is 12.0 Å². The summed E-state index contributed by atoms with van der Waals surface area (Å²) < 4.78 is 2.35. The van der Waals surface area contributed by atoms with Gasteiger partial charge in [-0.25, -0.2) is 4.98 Å². The Hall–Kier alpha value is -0.830. The lowest BCUT2D eigenvalue weighted by Gasteiger charge is -2.24. The van der Waals surface area contributed by atoms with Crippen molar-refractivity contribution in [1.82, 2.24) is 9.55 Å². The van der Waals surface area contributed by atoms with E-state index < -0.39 is 0 Å². The monoisotopic (exact) mass is 249 g/mol. The topological polar surface area (TPSA) is 43.8 Å². The predicted molar refractivity (Wildman–Crippen MR) is 75.2 cm³/mol. The molecule has 0 spiro atoms. The molecule has 1 fully saturated rings. The second-order valence-electron chi connectivity index (χ2n) is 6.44. The minimum atomic E-state index is 0.121. The Bertz CT molecular complexity index is 383. The summed E-state index contributed by atoms with van der Waals surface area (Å²) >= 11 is 0. The van der Waals surface area contributed by atoms with E-state index in [-0.39, 0.29) is 6.04 Å². The first-order chi connectivity index (χ1) is 8.50. The fraction of sp³-hybridized carbons (Fsp3) is 0.800. The average molecular weight is 249 g/mol. The summed E-state index contributed by atoms with van der Waals surface area (Å²) in [6.07, 6.45) is 7.56. The highest BCUT2D eigenvalue weighted by atomic mass is 15.1. The maximum atomic E-state index is 6.33. The van der Waals surface area contributed by atoms with Gasteiger partial charge < -0.3 is 10.3 Å². The van der Waals surface area contributed by atoms with Gasteiger partial charge in [-0.05, 0) is 37.0 Å². The third-order valence-corrected chi connectivity index (χ3v) is 4.58. The van der Waals surface area contributed by atoms with Crippen molar-refractivity contribution in [2.75, 3.05) is 0 Å². The SMILES string of the molecule is CC(C)CC(N)c1cncn1C1CCC(C)C1C. The van der Waals surface area contributed by atoms with E-state index in [1.807, 2.05) is 12.5 Å². The second-order valence-corrected chi connectivity index (χ2v) is 6.44. The van der Waals surface area contributed by atoms with Crippen molar-refractivity contribution in [2.24, 2.45) is 23.5 Å². The van der Waals surface area contributed by atoms with Crippen molar-refractivity contribution in [3.8, 4) is 0 Å². The summed E-state index contributed by atoms with van der Waals surface area (Å²) in [5.74, 6) is 2.17. The first kappa shape index (κ1) is 13.6. The predicted octanol–water partition coefficient (Wildman–Crippen LogP) is 3.54. The molecule has 18 heavy (non-hydrogen) atoms. The van der Waals surface area contributed by atoms with Crippen molar-refractivity contribution in [3.63, 3.8) is 0 Å². The number of hydrogen-bond acceptors (Lipinski definition) is 2. The van der Waals surface area contributed by atoms with Crippen LogP contribution in [0.5, 0.6) is 0 Å². The van der Waals surface area contributed by atoms with Crippen LogP contribution in [0.15, 0.2) is 12.5 Å². The van der Waals surface area contributed by atoms with Gasteiger partial charge >= 0.3 is 0 Å². The fourth-order valence-electron chi connectivity index (χ4n) is 3.24. The van der Waals surface area contributed by atoms with E-state index in [0.717, 1.165) is 18.3 Å². The molecule has 4 unspecified atom stereocenters. The van der Waals surface area contributed by atoms with Crippen LogP contribution < -0.4 is 5.73 Å². The van der Waals surface area contributed by atoms with Crippen LogP contribution in [-0.2, 0) is 0 Å². The first-order valence-corrected chi connectivity index (χ1v) is 7.28. The Morgan fingerprint density at radius 1 is 1.39 bits per heavy atom. The summed E-state index contributed by atoms with van der Waals surface area (Å²) in [4.78, 5) is 4.34. The van der Waals surface area contributed by atoms with E-state index in [9.17, 15) is 0 Å². The zero-order chi connectivity index (χ0) is 13.3. The fourth-order valence-corrected chi connectivity index (χ4v) is 3.24. The number of nitrogens with zero attached hydrogens (tertiary/aromatic N) is 2. The Labute approximate surface area is 111 Å². The molecule has 2 rings (SSSR count). The number of rotatable bonds is 4. The van der Waals surface area contributed by atoms with E-state index in [1.54, 1.807) is 0 Å². The average Bonchev–Trinajstić information content (AvgIpc) is 2.86. The standard InChI is InChI=1S/C15H27N3/c1-10(2)7-13(16)15-8-17-9-18(15)14-6-5-11(3)12(14)4/h8-14H,5-7,16H2,1-4H3. The molecule has 1 saturated carbocycles. The van der Waals surface area contributed by atoms with E-state index in [4.69, 9.17) is 5.73 Å². The van der Waals surface area contributed by atoms with Crippen LogP contribution in [0, 0.1) is 17.8 Å². The van der Waals surface area contributed by atoms with E-state index in [2.05, 4.69) is 37.2 Å². The van der Waals surface area contributed by atoms with Crippen molar-refractivity contribution in [2.45, 2.75) is 59.0 Å². The molecule has 1 aromatic heterocycles. The van der Waals surface area contributed by atoms with Gasteiger partial charge in [0, 0.05) is 18.3 Å². The summed E-state index contributed by atoms with van der Waals surface area (Å²) in [6.45, 7) is 9.16. The van der Waals surface area contributed by atoms with Crippen LogP contribution in [0.25, 0.3) is 0 Å². The van der Waals surface area contributed by atoms with Gasteiger partial charge in [0.25, 0.3) is 0 Å². The van der Waals surface area contributed by atoms with Crippen LogP contribution in [-0.4, -0.2) is 9.55 Å². The Balaban J connectivity index is 2.17. The summed E-state index contributed by atoms with van der Waals surface area (Å²) in [5.41, 5.74) is 7.55. The van der Waals surface area contributed by atoms with Gasteiger partial charge in [-0.15, -0.1) is 0 Å². The Kier molecular flexibility index (Phi) is 4.10. The van der Waals surface area contributed by atoms with Crippen LogP contribution in [0.2, 0.25) is 0 Å². The highest BCUT2D eigenvalue weighted by molar-refractivity contribution is 5.08. The second kappa shape index (κ2) is 5.43. The molecule has 3 nitrogen and oxygen atoms in total. The van der Waals surface area contributed by atoms with Gasteiger partial charge in [0.2, 0.25) is 0 Å². The third-order valence-electron chi connectivity index (χ3n) is 4.58. The molecule has 3 heteroatoms. The van der Waals surface area contributed by atoms with Crippen LogP contribution in [0.3, 0.4) is 0 Å². The maximum Gasteiger partial charge on any atom is 0.0951 e. The number of aromatic nitrogens is 2. The molecule has 1 aliphatic carbocycles. The molecule has 102 valence electrons.